The van der Waals surface area contributed by atoms with E-state index in [4.69, 9.17) is 0 Å². The number of carbonyl (C=O) groups is 1. The van der Waals surface area contributed by atoms with E-state index in [0.717, 1.165) is 24.1 Å². The minimum Gasteiger partial charge on any atom is -0.350 e. The van der Waals surface area contributed by atoms with Crippen LogP contribution in [0.25, 0.3) is 0 Å². The van der Waals surface area contributed by atoms with Crippen molar-refractivity contribution in [2.24, 2.45) is 0 Å². The Labute approximate surface area is 155 Å². The quantitative estimate of drug-likeness (QED) is 0.793. The highest BCUT2D eigenvalue weighted by molar-refractivity contribution is 5.92. The molecular weight excluding hydrogens is 324 g/mol. The number of carbonyl (C=O) groups excluding carboxylic acids is 1. The van der Waals surface area contributed by atoms with E-state index in [0.29, 0.717) is 18.2 Å². The molecule has 1 amide bonds. The number of hydrogen-bond acceptors (Lipinski definition) is 4. The molecule has 0 radical (unpaired) electrons. The summed E-state index contributed by atoms with van der Waals surface area (Å²) in [6.45, 7) is 4.59. The second-order valence-electron chi connectivity index (χ2n) is 7.22. The van der Waals surface area contributed by atoms with Crippen LogP contribution in [-0.4, -0.2) is 21.9 Å². The smallest absolute Gasteiger partial charge is 0.270 e. The molecule has 5 nitrogen and oxygen atoms in total. The molecule has 0 unspecified atom stereocenters. The van der Waals surface area contributed by atoms with Gasteiger partial charge in [0, 0.05) is 18.3 Å². The van der Waals surface area contributed by atoms with Crippen molar-refractivity contribution in [3.05, 3.63) is 52.8 Å². The molecular formula is C21H28N4O. The molecule has 3 rings (SSSR count). The van der Waals surface area contributed by atoms with Crippen molar-refractivity contribution in [2.45, 2.75) is 65.0 Å². The summed E-state index contributed by atoms with van der Waals surface area (Å²) in [5.74, 6) is 0.400. The first-order valence-corrected chi connectivity index (χ1v) is 9.56. The van der Waals surface area contributed by atoms with Crippen LogP contribution in [0.4, 0.5) is 5.95 Å². The first kappa shape index (κ1) is 18.4. The molecule has 1 heterocycles. The van der Waals surface area contributed by atoms with Crippen LogP contribution >= 0.6 is 0 Å². The monoisotopic (exact) mass is 352 g/mol. The lowest BCUT2D eigenvalue weighted by atomic mass is 10.1. The molecule has 2 N–H and O–H groups in total. The van der Waals surface area contributed by atoms with Gasteiger partial charge in [0.25, 0.3) is 5.91 Å². The predicted octanol–water partition coefficient (Wildman–Crippen LogP) is 4.16. The van der Waals surface area contributed by atoms with Crippen molar-refractivity contribution in [1.29, 1.82) is 0 Å². The number of rotatable bonds is 5. The summed E-state index contributed by atoms with van der Waals surface area (Å²) >= 11 is 0. The molecule has 0 spiro atoms. The van der Waals surface area contributed by atoms with Crippen LogP contribution in [0.3, 0.4) is 0 Å². The zero-order chi connectivity index (χ0) is 18.4. The van der Waals surface area contributed by atoms with Gasteiger partial charge in [-0.3, -0.25) is 4.79 Å². The van der Waals surface area contributed by atoms with Gasteiger partial charge in [0.05, 0.1) is 0 Å². The number of hydrogen-bond donors (Lipinski definition) is 2. The van der Waals surface area contributed by atoms with Crippen LogP contribution in [0.1, 0.15) is 65.8 Å². The highest BCUT2D eigenvalue weighted by atomic mass is 16.1. The van der Waals surface area contributed by atoms with Gasteiger partial charge in [-0.15, -0.1) is 0 Å². The maximum atomic E-state index is 12.6. The Balaban J connectivity index is 1.64. The molecule has 1 aromatic carbocycles. The average Bonchev–Trinajstić information content (AvgIpc) is 2.89. The second-order valence-corrected chi connectivity index (χ2v) is 7.22. The Hall–Kier alpha value is -2.43. The second kappa shape index (κ2) is 8.79. The largest absolute Gasteiger partial charge is 0.350 e. The lowest BCUT2D eigenvalue weighted by Gasteiger charge is -2.16. The lowest BCUT2D eigenvalue weighted by Crippen LogP contribution is -2.35. The zero-order valence-corrected chi connectivity index (χ0v) is 15.7. The van der Waals surface area contributed by atoms with Gasteiger partial charge < -0.3 is 10.6 Å². The molecule has 0 atom stereocenters. The fourth-order valence-electron chi connectivity index (χ4n) is 3.33. The number of benzene rings is 1. The summed E-state index contributed by atoms with van der Waals surface area (Å²) in [5.41, 5.74) is 3.62. The van der Waals surface area contributed by atoms with Crippen LogP contribution in [0, 0.1) is 13.8 Å². The van der Waals surface area contributed by atoms with Gasteiger partial charge in [0.1, 0.15) is 5.69 Å². The van der Waals surface area contributed by atoms with E-state index in [9.17, 15) is 4.79 Å². The van der Waals surface area contributed by atoms with Gasteiger partial charge in [-0.25, -0.2) is 9.97 Å². The Morgan fingerprint density at radius 2 is 1.73 bits per heavy atom. The standard InChI is InChI=1S/C21H28N4O/c1-15-9-11-17(12-10-15)14-22-21-23-16(2)13-19(25-21)20(26)24-18-7-5-3-4-6-8-18/h9-13,18H,3-8,14H2,1-2H3,(H,24,26)(H,22,23,25). The van der Waals surface area contributed by atoms with Crippen LogP contribution in [-0.2, 0) is 6.54 Å². The van der Waals surface area contributed by atoms with Crippen molar-refractivity contribution in [3.63, 3.8) is 0 Å². The normalized spacial score (nSPS) is 15.3. The van der Waals surface area contributed by atoms with Crippen LogP contribution in [0.2, 0.25) is 0 Å². The van der Waals surface area contributed by atoms with Crippen molar-refractivity contribution in [3.8, 4) is 0 Å². The third-order valence-electron chi connectivity index (χ3n) is 4.85. The third-order valence-corrected chi connectivity index (χ3v) is 4.85. The summed E-state index contributed by atoms with van der Waals surface area (Å²) in [7, 11) is 0. The minimum atomic E-state index is -0.0965. The number of aryl methyl sites for hydroxylation is 2. The Morgan fingerprint density at radius 3 is 2.42 bits per heavy atom. The first-order valence-electron chi connectivity index (χ1n) is 9.56. The van der Waals surface area contributed by atoms with Crippen molar-refractivity contribution in [1.82, 2.24) is 15.3 Å². The molecule has 0 aliphatic heterocycles. The van der Waals surface area contributed by atoms with Crippen LogP contribution in [0.15, 0.2) is 30.3 Å². The molecule has 1 aliphatic rings. The van der Waals surface area contributed by atoms with Gasteiger partial charge in [-0.2, -0.15) is 0 Å². The van der Waals surface area contributed by atoms with Gasteiger partial charge in [0.15, 0.2) is 0 Å². The molecule has 0 saturated heterocycles. The summed E-state index contributed by atoms with van der Waals surface area (Å²) in [4.78, 5) is 21.4. The highest BCUT2D eigenvalue weighted by Gasteiger charge is 2.17. The minimum absolute atomic E-state index is 0.0965. The molecule has 2 aromatic rings. The maximum Gasteiger partial charge on any atom is 0.270 e. The topological polar surface area (TPSA) is 66.9 Å². The van der Waals surface area contributed by atoms with Gasteiger partial charge in [0.2, 0.25) is 5.95 Å². The first-order chi connectivity index (χ1) is 12.6. The van der Waals surface area contributed by atoms with Crippen LogP contribution in [0.5, 0.6) is 0 Å². The van der Waals surface area contributed by atoms with E-state index in [1.54, 1.807) is 6.07 Å². The van der Waals surface area contributed by atoms with Gasteiger partial charge in [-0.1, -0.05) is 55.5 Å². The molecule has 0 bridgehead atoms. The number of amides is 1. The Morgan fingerprint density at radius 1 is 1.04 bits per heavy atom. The number of nitrogens with zero attached hydrogens (tertiary/aromatic N) is 2. The molecule has 1 saturated carbocycles. The fraction of sp³-hybridized carbons (Fsp3) is 0.476. The van der Waals surface area contributed by atoms with E-state index >= 15 is 0 Å². The predicted molar refractivity (Wildman–Crippen MR) is 104 cm³/mol. The van der Waals surface area contributed by atoms with Gasteiger partial charge in [-0.05, 0) is 38.3 Å². The molecule has 1 fully saturated rings. The maximum absolute atomic E-state index is 12.6. The molecule has 5 heteroatoms. The van der Waals surface area contributed by atoms with E-state index in [1.807, 2.05) is 6.92 Å². The Kier molecular flexibility index (Phi) is 6.21. The zero-order valence-electron chi connectivity index (χ0n) is 15.7. The van der Waals surface area contributed by atoms with Gasteiger partial charge >= 0.3 is 0 Å². The average molecular weight is 352 g/mol. The van der Waals surface area contributed by atoms with E-state index in [-0.39, 0.29) is 11.9 Å². The molecule has 1 aromatic heterocycles. The molecule has 1 aliphatic carbocycles. The third kappa shape index (κ3) is 5.28. The highest BCUT2D eigenvalue weighted by Crippen LogP contribution is 2.18. The van der Waals surface area contributed by atoms with E-state index in [2.05, 4.69) is 51.8 Å². The number of anilines is 1. The van der Waals surface area contributed by atoms with E-state index in [1.165, 1.54) is 31.2 Å². The van der Waals surface area contributed by atoms with Crippen molar-refractivity contribution < 1.29 is 4.79 Å². The summed E-state index contributed by atoms with van der Waals surface area (Å²) < 4.78 is 0. The molecule has 138 valence electrons. The molecule has 26 heavy (non-hydrogen) atoms. The van der Waals surface area contributed by atoms with Crippen molar-refractivity contribution in [2.75, 3.05) is 5.32 Å². The summed E-state index contributed by atoms with van der Waals surface area (Å²) in [5, 5.41) is 6.38. The Bertz CT molecular complexity index is 734. The summed E-state index contributed by atoms with van der Waals surface area (Å²) in [6.07, 6.45) is 7.05. The number of nitrogens with one attached hydrogen (secondary N) is 2. The SMILES string of the molecule is Cc1ccc(CNc2nc(C)cc(C(=O)NC3CCCCCC3)n2)cc1. The van der Waals surface area contributed by atoms with Crippen LogP contribution < -0.4 is 10.6 Å². The summed E-state index contributed by atoms with van der Waals surface area (Å²) in [6, 6.07) is 10.3. The fourth-order valence-corrected chi connectivity index (χ4v) is 3.33. The number of aromatic nitrogens is 2. The van der Waals surface area contributed by atoms with Crippen molar-refractivity contribution >= 4 is 11.9 Å². The lowest BCUT2D eigenvalue weighted by molar-refractivity contribution is 0.0928. The van der Waals surface area contributed by atoms with E-state index < -0.39 is 0 Å².